The van der Waals surface area contributed by atoms with Crippen molar-refractivity contribution in [2.24, 2.45) is 5.92 Å². The van der Waals surface area contributed by atoms with Crippen LogP contribution >= 0.6 is 0 Å². The molecule has 0 spiro atoms. The van der Waals surface area contributed by atoms with Gasteiger partial charge in [-0.3, -0.25) is 9.80 Å². The molecule has 0 amide bonds. The standard InChI is InChI=1S/C15H28N2/c1-2-6-13-11-15(13)17-10-5-9-16-8-4-3-7-14(16)12-17/h13-15H,2-12H2,1H3. The van der Waals surface area contributed by atoms with E-state index in [0.29, 0.717) is 0 Å². The van der Waals surface area contributed by atoms with Crippen molar-refractivity contribution in [3.63, 3.8) is 0 Å². The summed E-state index contributed by atoms with van der Waals surface area (Å²) in [4.78, 5) is 5.62. The van der Waals surface area contributed by atoms with Crippen molar-refractivity contribution in [1.29, 1.82) is 0 Å². The average Bonchev–Trinajstić information content (AvgIpc) is 3.10. The highest BCUT2D eigenvalue weighted by Crippen LogP contribution is 2.40. The first kappa shape index (κ1) is 12.0. The minimum Gasteiger partial charge on any atom is -0.299 e. The maximum atomic E-state index is 2.84. The van der Waals surface area contributed by atoms with Crippen LogP contribution in [0.5, 0.6) is 0 Å². The normalized spacial score (nSPS) is 39.7. The number of piperidine rings is 1. The van der Waals surface area contributed by atoms with Crippen LogP contribution in [-0.2, 0) is 0 Å². The zero-order valence-electron chi connectivity index (χ0n) is 11.4. The monoisotopic (exact) mass is 236 g/mol. The molecule has 3 rings (SSSR count). The predicted octanol–water partition coefficient (Wildman–Crippen LogP) is 2.74. The number of nitrogens with zero attached hydrogens (tertiary/aromatic N) is 2. The fourth-order valence-corrected chi connectivity index (χ4v) is 4.06. The minimum absolute atomic E-state index is 0.897. The lowest BCUT2D eigenvalue weighted by atomic mass is 10.0. The van der Waals surface area contributed by atoms with Gasteiger partial charge in [0, 0.05) is 18.6 Å². The SMILES string of the molecule is CCCC1CC1N1CCCN2CCCCC2C1. The molecule has 1 aliphatic carbocycles. The largest absolute Gasteiger partial charge is 0.299 e. The average molecular weight is 236 g/mol. The van der Waals surface area contributed by atoms with Gasteiger partial charge in [-0.05, 0) is 57.7 Å². The quantitative estimate of drug-likeness (QED) is 0.743. The number of hydrogen-bond acceptors (Lipinski definition) is 2. The molecule has 3 aliphatic rings. The smallest absolute Gasteiger partial charge is 0.0223 e. The van der Waals surface area contributed by atoms with E-state index in [4.69, 9.17) is 0 Å². The second-order valence-corrected chi connectivity index (χ2v) is 6.39. The molecule has 0 radical (unpaired) electrons. The molecule has 98 valence electrons. The van der Waals surface area contributed by atoms with Crippen molar-refractivity contribution in [2.45, 2.75) is 64.0 Å². The second kappa shape index (κ2) is 5.27. The molecule has 2 heterocycles. The zero-order chi connectivity index (χ0) is 11.7. The Kier molecular flexibility index (Phi) is 3.72. The summed E-state index contributed by atoms with van der Waals surface area (Å²) in [5, 5.41) is 0. The first-order valence-electron chi connectivity index (χ1n) is 7.86. The van der Waals surface area contributed by atoms with Gasteiger partial charge in [0.25, 0.3) is 0 Å². The summed E-state index contributed by atoms with van der Waals surface area (Å²) in [6.07, 6.45) is 10.1. The zero-order valence-corrected chi connectivity index (χ0v) is 11.4. The van der Waals surface area contributed by atoms with Crippen LogP contribution in [0.4, 0.5) is 0 Å². The highest BCUT2D eigenvalue weighted by Gasteiger charge is 2.42. The number of hydrogen-bond donors (Lipinski definition) is 0. The van der Waals surface area contributed by atoms with E-state index in [-0.39, 0.29) is 0 Å². The van der Waals surface area contributed by atoms with Crippen LogP contribution in [0.3, 0.4) is 0 Å². The third kappa shape index (κ3) is 2.68. The summed E-state index contributed by atoms with van der Waals surface area (Å²) in [6, 6.07) is 1.87. The first-order chi connectivity index (χ1) is 8.38. The summed E-state index contributed by atoms with van der Waals surface area (Å²) in [5.74, 6) is 1.05. The third-order valence-corrected chi connectivity index (χ3v) is 5.10. The van der Waals surface area contributed by atoms with Crippen molar-refractivity contribution < 1.29 is 0 Å². The van der Waals surface area contributed by atoms with Gasteiger partial charge in [-0.25, -0.2) is 0 Å². The number of fused-ring (bicyclic) bond motifs is 1. The Morgan fingerprint density at radius 1 is 1.00 bits per heavy atom. The molecule has 0 aromatic heterocycles. The molecule has 0 aromatic rings. The van der Waals surface area contributed by atoms with Crippen LogP contribution in [0, 0.1) is 5.92 Å². The summed E-state index contributed by atoms with van der Waals surface area (Å²) in [7, 11) is 0. The van der Waals surface area contributed by atoms with E-state index in [1.807, 2.05) is 0 Å². The van der Waals surface area contributed by atoms with Gasteiger partial charge in [0.2, 0.25) is 0 Å². The van der Waals surface area contributed by atoms with E-state index < -0.39 is 0 Å². The first-order valence-corrected chi connectivity index (χ1v) is 7.86. The lowest BCUT2D eigenvalue weighted by Crippen LogP contribution is -2.44. The molecule has 3 fully saturated rings. The van der Waals surface area contributed by atoms with Gasteiger partial charge in [-0.1, -0.05) is 19.8 Å². The van der Waals surface area contributed by atoms with Crippen LogP contribution in [0.25, 0.3) is 0 Å². The third-order valence-electron chi connectivity index (χ3n) is 5.10. The van der Waals surface area contributed by atoms with Crippen LogP contribution in [0.15, 0.2) is 0 Å². The fourth-order valence-electron chi connectivity index (χ4n) is 4.06. The molecule has 0 N–H and O–H groups in total. The molecule has 0 bridgehead atoms. The number of rotatable bonds is 3. The molecular formula is C15H28N2. The molecule has 2 nitrogen and oxygen atoms in total. The molecule has 1 saturated carbocycles. The van der Waals surface area contributed by atoms with E-state index in [0.717, 1.165) is 18.0 Å². The van der Waals surface area contributed by atoms with E-state index in [2.05, 4.69) is 16.7 Å². The van der Waals surface area contributed by atoms with Crippen LogP contribution in [0.2, 0.25) is 0 Å². The van der Waals surface area contributed by atoms with Crippen molar-refractivity contribution in [3.8, 4) is 0 Å². The maximum Gasteiger partial charge on any atom is 0.0223 e. The topological polar surface area (TPSA) is 6.48 Å². The van der Waals surface area contributed by atoms with Gasteiger partial charge in [-0.15, -0.1) is 0 Å². The summed E-state index contributed by atoms with van der Waals surface area (Å²) in [5.41, 5.74) is 0. The minimum atomic E-state index is 0.897. The predicted molar refractivity (Wildman–Crippen MR) is 72.2 cm³/mol. The maximum absolute atomic E-state index is 2.84. The van der Waals surface area contributed by atoms with Crippen molar-refractivity contribution >= 4 is 0 Å². The van der Waals surface area contributed by atoms with Gasteiger partial charge in [0.05, 0.1) is 0 Å². The lowest BCUT2D eigenvalue weighted by molar-refractivity contribution is 0.132. The van der Waals surface area contributed by atoms with Crippen molar-refractivity contribution in [1.82, 2.24) is 9.80 Å². The van der Waals surface area contributed by atoms with Crippen LogP contribution < -0.4 is 0 Å². The Bertz CT molecular complexity index is 253. The van der Waals surface area contributed by atoms with Gasteiger partial charge < -0.3 is 0 Å². The molecule has 2 heteroatoms. The van der Waals surface area contributed by atoms with Gasteiger partial charge in [0.1, 0.15) is 0 Å². The van der Waals surface area contributed by atoms with E-state index in [1.165, 1.54) is 71.1 Å². The van der Waals surface area contributed by atoms with Crippen LogP contribution in [0.1, 0.15) is 51.9 Å². The molecule has 2 aliphatic heterocycles. The Balaban J connectivity index is 1.56. The molecular weight excluding hydrogens is 208 g/mol. The Hall–Kier alpha value is -0.0800. The summed E-state index contributed by atoms with van der Waals surface area (Å²) >= 11 is 0. The summed E-state index contributed by atoms with van der Waals surface area (Å²) in [6.45, 7) is 7.83. The highest BCUT2D eigenvalue weighted by molar-refractivity contribution is 4.97. The second-order valence-electron chi connectivity index (χ2n) is 6.39. The van der Waals surface area contributed by atoms with E-state index in [9.17, 15) is 0 Å². The lowest BCUT2D eigenvalue weighted by Gasteiger charge is -2.35. The van der Waals surface area contributed by atoms with Crippen molar-refractivity contribution in [3.05, 3.63) is 0 Å². The van der Waals surface area contributed by atoms with Crippen molar-refractivity contribution in [2.75, 3.05) is 26.2 Å². The van der Waals surface area contributed by atoms with Gasteiger partial charge in [-0.2, -0.15) is 0 Å². The van der Waals surface area contributed by atoms with Gasteiger partial charge in [0.15, 0.2) is 0 Å². The van der Waals surface area contributed by atoms with Crippen LogP contribution in [-0.4, -0.2) is 48.1 Å². The molecule has 3 atom stereocenters. The molecule has 3 unspecified atom stereocenters. The van der Waals surface area contributed by atoms with Gasteiger partial charge >= 0.3 is 0 Å². The van der Waals surface area contributed by atoms with E-state index >= 15 is 0 Å². The molecule has 17 heavy (non-hydrogen) atoms. The fraction of sp³-hybridized carbons (Fsp3) is 1.00. The summed E-state index contributed by atoms with van der Waals surface area (Å²) < 4.78 is 0. The Labute approximate surface area is 106 Å². The highest BCUT2D eigenvalue weighted by atomic mass is 15.3. The van der Waals surface area contributed by atoms with E-state index in [1.54, 1.807) is 0 Å². The Morgan fingerprint density at radius 2 is 1.82 bits per heavy atom. The Morgan fingerprint density at radius 3 is 2.71 bits per heavy atom. The molecule has 0 aromatic carbocycles. The molecule has 2 saturated heterocycles.